The topological polar surface area (TPSA) is 75.6 Å². The Bertz CT molecular complexity index is 476. The predicted octanol–water partition coefficient (Wildman–Crippen LogP) is 2.28. The first-order chi connectivity index (χ1) is 8.93. The molecule has 1 amide bonds. The number of anilines is 1. The summed E-state index contributed by atoms with van der Waals surface area (Å²) in [5.74, 6) is -2.41. The van der Waals surface area contributed by atoms with Crippen molar-refractivity contribution < 1.29 is 23.8 Å². The average molecular weight is 269 g/mol. The number of carboxylic acids is 1. The number of halogens is 1. The van der Waals surface area contributed by atoms with Gasteiger partial charge in [-0.3, -0.25) is 4.79 Å². The molecule has 2 N–H and O–H groups in total. The van der Waals surface area contributed by atoms with E-state index >= 15 is 0 Å². The largest absolute Gasteiger partial charge is 0.478 e. The van der Waals surface area contributed by atoms with Gasteiger partial charge in [0.25, 0.3) is 0 Å². The van der Waals surface area contributed by atoms with E-state index in [2.05, 4.69) is 5.32 Å². The second kappa shape index (κ2) is 6.84. The molecule has 0 saturated heterocycles. The lowest BCUT2D eigenvalue weighted by molar-refractivity contribution is -0.122. The lowest BCUT2D eigenvalue weighted by atomic mass is 10.2. The molecule has 1 aromatic rings. The van der Waals surface area contributed by atoms with Gasteiger partial charge in [0.2, 0.25) is 5.91 Å². The Labute approximate surface area is 110 Å². The minimum atomic E-state index is -1.19. The Balaban J connectivity index is 2.68. The summed E-state index contributed by atoms with van der Waals surface area (Å²) in [5.41, 5.74) is -0.266. The van der Waals surface area contributed by atoms with Crippen LogP contribution in [-0.4, -0.2) is 29.7 Å². The Morgan fingerprint density at radius 3 is 2.74 bits per heavy atom. The fourth-order valence-electron chi connectivity index (χ4n) is 1.28. The van der Waals surface area contributed by atoms with Crippen molar-refractivity contribution in [3.63, 3.8) is 0 Å². The molecule has 1 unspecified atom stereocenters. The quantitative estimate of drug-likeness (QED) is 0.830. The lowest BCUT2D eigenvalue weighted by Crippen LogP contribution is -2.22. The number of benzene rings is 1. The third-order valence-corrected chi connectivity index (χ3v) is 2.56. The van der Waals surface area contributed by atoms with Crippen LogP contribution in [0.25, 0.3) is 0 Å². The molecular weight excluding hydrogens is 253 g/mol. The van der Waals surface area contributed by atoms with E-state index in [4.69, 9.17) is 9.84 Å². The summed E-state index contributed by atoms with van der Waals surface area (Å²) >= 11 is 0. The molecule has 0 spiro atoms. The molecule has 1 atom stereocenters. The van der Waals surface area contributed by atoms with Crippen molar-refractivity contribution in [1.29, 1.82) is 0 Å². The molecule has 0 aromatic heterocycles. The molecule has 0 aliphatic heterocycles. The van der Waals surface area contributed by atoms with Gasteiger partial charge in [-0.05, 0) is 31.5 Å². The molecule has 104 valence electrons. The molecule has 6 heteroatoms. The van der Waals surface area contributed by atoms with Gasteiger partial charge in [0.1, 0.15) is 12.4 Å². The lowest BCUT2D eigenvalue weighted by Gasteiger charge is -2.11. The van der Waals surface area contributed by atoms with Crippen molar-refractivity contribution in [2.24, 2.45) is 0 Å². The molecule has 0 heterocycles. The van der Waals surface area contributed by atoms with E-state index in [-0.39, 0.29) is 24.0 Å². The van der Waals surface area contributed by atoms with E-state index in [0.717, 1.165) is 24.6 Å². The summed E-state index contributed by atoms with van der Waals surface area (Å²) in [7, 11) is 0. The summed E-state index contributed by atoms with van der Waals surface area (Å²) in [6, 6.07) is 3.19. The second-order valence-electron chi connectivity index (χ2n) is 4.08. The Morgan fingerprint density at radius 2 is 2.16 bits per heavy atom. The minimum absolute atomic E-state index is 0.0686. The predicted molar refractivity (Wildman–Crippen MR) is 67.7 cm³/mol. The zero-order valence-electron chi connectivity index (χ0n) is 10.8. The molecule has 1 rings (SSSR count). The van der Waals surface area contributed by atoms with E-state index in [1.54, 1.807) is 0 Å². The van der Waals surface area contributed by atoms with Crippen LogP contribution in [0.4, 0.5) is 10.1 Å². The number of amides is 1. The zero-order chi connectivity index (χ0) is 14.4. The molecule has 0 aliphatic rings. The van der Waals surface area contributed by atoms with Crippen molar-refractivity contribution >= 4 is 17.6 Å². The molecule has 0 bridgehead atoms. The van der Waals surface area contributed by atoms with Gasteiger partial charge in [0, 0.05) is 0 Å². The van der Waals surface area contributed by atoms with Crippen molar-refractivity contribution in [2.45, 2.75) is 26.4 Å². The van der Waals surface area contributed by atoms with Crippen molar-refractivity contribution in [1.82, 2.24) is 0 Å². The number of hydrogen-bond donors (Lipinski definition) is 2. The van der Waals surface area contributed by atoms with Crippen molar-refractivity contribution in [3.05, 3.63) is 29.6 Å². The number of carbonyl (C=O) groups excluding carboxylic acids is 1. The number of carbonyl (C=O) groups is 2. The summed E-state index contributed by atoms with van der Waals surface area (Å²) in [4.78, 5) is 22.3. The molecule has 5 nitrogen and oxygen atoms in total. The summed E-state index contributed by atoms with van der Waals surface area (Å²) in [6.07, 6.45) is 0.691. The minimum Gasteiger partial charge on any atom is -0.478 e. The van der Waals surface area contributed by atoms with Crippen molar-refractivity contribution in [3.8, 4) is 0 Å². The molecule has 1 aromatic carbocycles. The van der Waals surface area contributed by atoms with E-state index < -0.39 is 17.7 Å². The molecular formula is C13H16FNO4. The first-order valence-electron chi connectivity index (χ1n) is 5.88. The third kappa shape index (κ3) is 4.67. The van der Waals surface area contributed by atoms with Crippen LogP contribution < -0.4 is 5.32 Å². The fourth-order valence-corrected chi connectivity index (χ4v) is 1.28. The van der Waals surface area contributed by atoms with Crippen LogP contribution >= 0.6 is 0 Å². The molecule has 0 fully saturated rings. The summed E-state index contributed by atoms with van der Waals surface area (Å²) < 4.78 is 18.6. The van der Waals surface area contributed by atoms with Gasteiger partial charge in [0.05, 0.1) is 17.4 Å². The second-order valence-corrected chi connectivity index (χ2v) is 4.08. The van der Waals surface area contributed by atoms with Crippen LogP contribution in [0.15, 0.2) is 18.2 Å². The van der Waals surface area contributed by atoms with Crippen LogP contribution in [0.5, 0.6) is 0 Å². The van der Waals surface area contributed by atoms with Crippen LogP contribution in [0.3, 0.4) is 0 Å². The maximum absolute atomic E-state index is 13.4. The smallest absolute Gasteiger partial charge is 0.335 e. The molecule has 0 aliphatic carbocycles. The number of hydrogen-bond acceptors (Lipinski definition) is 3. The Morgan fingerprint density at radius 1 is 1.47 bits per heavy atom. The summed E-state index contributed by atoms with van der Waals surface area (Å²) in [6.45, 7) is 3.53. The number of carboxylic acid groups (broad SMARTS) is 1. The number of nitrogens with one attached hydrogen (secondary N) is 1. The van der Waals surface area contributed by atoms with Gasteiger partial charge in [-0.1, -0.05) is 6.92 Å². The number of rotatable bonds is 6. The average Bonchev–Trinajstić information content (AvgIpc) is 2.38. The summed E-state index contributed by atoms with van der Waals surface area (Å²) in [5, 5.41) is 11.1. The number of aromatic carboxylic acids is 1. The highest BCUT2D eigenvalue weighted by Gasteiger charge is 2.12. The third-order valence-electron chi connectivity index (χ3n) is 2.56. The standard InChI is InChI=1S/C13H16FNO4/c1-3-8(2)19-7-12(16)15-11-6-9(13(17)18)4-5-10(11)14/h4-6,8H,3,7H2,1-2H3,(H,15,16)(H,17,18). The monoisotopic (exact) mass is 269 g/mol. The highest BCUT2D eigenvalue weighted by atomic mass is 19.1. The van der Waals surface area contributed by atoms with Gasteiger partial charge in [-0.2, -0.15) is 0 Å². The Kier molecular flexibility index (Phi) is 5.44. The van der Waals surface area contributed by atoms with Crippen LogP contribution in [-0.2, 0) is 9.53 Å². The van der Waals surface area contributed by atoms with Gasteiger partial charge < -0.3 is 15.2 Å². The van der Waals surface area contributed by atoms with Crippen molar-refractivity contribution in [2.75, 3.05) is 11.9 Å². The molecule has 0 saturated carbocycles. The number of ether oxygens (including phenoxy) is 1. The molecule has 0 radical (unpaired) electrons. The molecule has 19 heavy (non-hydrogen) atoms. The van der Waals surface area contributed by atoms with E-state index in [0.29, 0.717) is 0 Å². The van der Waals surface area contributed by atoms with Gasteiger partial charge >= 0.3 is 5.97 Å². The van der Waals surface area contributed by atoms with Gasteiger partial charge in [-0.25, -0.2) is 9.18 Å². The van der Waals surface area contributed by atoms with Crippen LogP contribution in [0.2, 0.25) is 0 Å². The van der Waals surface area contributed by atoms with E-state index in [1.165, 1.54) is 0 Å². The first-order valence-corrected chi connectivity index (χ1v) is 5.88. The normalized spacial score (nSPS) is 11.9. The first kappa shape index (κ1) is 15.1. The SMILES string of the molecule is CCC(C)OCC(=O)Nc1cc(C(=O)O)ccc1F. The van der Waals surface area contributed by atoms with Crippen LogP contribution in [0.1, 0.15) is 30.6 Å². The maximum Gasteiger partial charge on any atom is 0.335 e. The van der Waals surface area contributed by atoms with Gasteiger partial charge in [0.15, 0.2) is 0 Å². The van der Waals surface area contributed by atoms with Gasteiger partial charge in [-0.15, -0.1) is 0 Å². The van der Waals surface area contributed by atoms with Crippen LogP contribution in [0, 0.1) is 5.82 Å². The fraction of sp³-hybridized carbons (Fsp3) is 0.385. The Hall–Kier alpha value is -1.95. The zero-order valence-corrected chi connectivity index (χ0v) is 10.8. The highest BCUT2D eigenvalue weighted by Crippen LogP contribution is 2.16. The highest BCUT2D eigenvalue weighted by molar-refractivity contribution is 5.94. The van der Waals surface area contributed by atoms with E-state index in [9.17, 15) is 14.0 Å². The maximum atomic E-state index is 13.4. The van der Waals surface area contributed by atoms with E-state index in [1.807, 2.05) is 13.8 Å².